The molecule has 2 aromatic rings. The lowest BCUT2D eigenvalue weighted by Crippen LogP contribution is -2.10. The molecule has 2 aromatic carbocycles. The highest BCUT2D eigenvalue weighted by atomic mass is 16.5. The fraction of sp³-hybridized carbons (Fsp3) is 0.316. The van der Waals surface area contributed by atoms with E-state index in [1.54, 1.807) is 0 Å². The molecule has 3 rings (SSSR count). The van der Waals surface area contributed by atoms with Crippen molar-refractivity contribution in [2.24, 2.45) is 0 Å². The average Bonchev–Trinajstić information content (AvgIpc) is 2.57. The van der Waals surface area contributed by atoms with Crippen LogP contribution in [0.2, 0.25) is 0 Å². The lowest BCUT2D eigenvalue weighted by Gasteiger charge is -2.18. The predicted octanol–water partition coefficient (Wildman–Crippen LogP) is 3.56. The monoisotopic (exact) mass is 296 g/mol. The number of aromatic hydroxyl groups is 1. The average molecular weight is 296 g/mol. The second-order valence-corrected chi connectivity index (χ2v) is 5.74. The summed E-state index contributed by atoms with van der Waals surface area (Å²) in [6.07, 6.45) is 4.30. The number of carbonyl (C=O) groups excluding carboxylic acids is 1. The van der Waals surface area contributed by atoms with Crippen molar-refractivity contribution in [1.82, 2.24) is 0 Å². The van der Waals surface area contributed by atoms with Crippen LogP contribution in [0.3, 0.4) is 0 Å². The van der Waals surface area contributed by atoms with Gasteiger partial charge in [-0.05, 0) is 42.4 Å². The van der Waals surface area contributed by atoms with Gasteiger partial charge in [0.05, 0.1) is 6.42 Å². The van der Waals surface area contributed by atoms with Crippen LogP contribution in [0.15, 0.2) is 42.5 Å². The Morgan fingerprint density at radius 1 is 1.05 bits per heavy atom. The molecule has 3 heteroatoms. The van der Waals surface area contributed by atoms with Crippen molar-refractivity contribution in [2.75, 3.05) is 0 Å². The predicted molar refractivity (Wildman–Crippen MR) is 84.7 cm³/mol. The smallest absolute Gasteiger partial charge is 0.310 e. The summed E-state index contributed by atoms with van der Waals surface area (Å²) < 4.78 is 5.28. The van der Waals surface area contributed by atoms with Gasteiger partial charge in [-0.15, -0.1) is 0 Å². The number of phenols is 1. The molecule has 1 aliphatic rings. The van der Waals surface area contributed by atoms with E-state index >= 15 is 0 Å². The molecule has 0 saturated carbocycles. The van der Waals surface area contributed by atoms with E-state index in [4.69, 9.17) is 4.74 Å². The minimum absolute atomic E-state index is 0.117. The molecule has 0 fully saturated rings. The largest absolute Gasteiger partial charge is 0.507 e. The molecular weight excluding hydrogens is 276 g/mol. The zero-order valence-corrected chi connectivity index (χ0v) is 12.5. The summed E-state index contributed by atoms with van der Waals surface area (Å²) in [5.41, 5.74) is 3.86. The van der Waals surface area contributed by atoms with E-state index in [0.717, 1.165) is 30.4 Å². The van der Waals surface area contributed by atoms with Crippen LogP contribution >= 0.6 is 0 Å². The first-order chi connectivity index (χ1) is 10.7. The molecule has 0 aliphatic heterocycles. The van der Waals surface area contributed by atoms with Crippen LogP contribution in [0.1, 0.15) is 35.1 Å². The molecule has 1 N–H and O–H groups in total. The summed E-state index contributed by atoms with van der Waals surface area (Å²) >= 11 is 0. The van der Waals surface area contributed by atoms with Gasteiger partial charge in [0, 0.05) is 5.56 Å². The number of esters is 1. The zero-order valence-electron chi connectivity index (χ0n) is 12.5. The second-order valence-electron chi connectivity index (χ2n) is 5.74. The summed E-state index contributed by atoms with van der Waals surface area (Å²) in [7, 11) is 0. The van der Waals surface area contributed by atoms with Crippen molar-refractivity contribution in [1.29, 1.82) is 0 Å². The second kappa shape index (κ2) is 6.65. The molecule has 0 amide bonds. The molecule has 0 heterocycles. The fourth-order valence-electron chi connectivity index (χ4n) is 2.94. The Morgan fingerprint density at radius 2 is 1.82 bits per heavy atom. The van der Waals surface area contributed by atoms with Crippen molar-refractivity contribution in [3.8, 4) is 5.75 Å². The molecule has 0 aromatic heterocycles. The molecular formula is C19H20O3. The van der Waals surface area contributed by atoms with Crippen molar-refractivity contribution in [3.05, 3.63) is 64.7 Å². The van der Waals surface area contributed by atoms with Crippen molar-refractivity contribution < 1.29 is 14.6 Å². The highest BCUT2D eigenvalue weighted by Gasteiger charge is 2.17. The summed E-state index contributed by atoms with van der Waals surface area (Å²) in [5.74, 6) is -0.0243. The van der Waals surface area contributed by atoms with Gasteiger partial charge in [0.15, 0.2) is 0 Å². The molecule has 0 unspecified atom stereocenters. The van der Waals surface area contributed by atoms with Crippen LogP contribution in [0, 0.1) is 0 Å². The van der Waals surface area contributed by atoms with Crippen LogP contribution in [0.4, 0.5) is 0 Å². The number of aryl methyl sites for hydroxylation is 1. The number of ether oxygens (including phenoxy) is 1. The number of hydrogen-bond donors (Lipinski definition) is 1. The molecule has 0 saturated heterocycles. The molecule has 22 heavy (non-hydrogen) atoms. The number of phenolic OH excluding ortho intramolecular Hbond substituents is 1. The Balaban J connectivity index is 1.64. The number of rotatable bonds is 4. The maximum Gasteiger partial charge on any atom is 0.310 e. The quantitative estimate of drug-likeness (QED) is 0.878. The van der Waals surface area contributed by atoms with Gasteiger partial charge in [0.25, 0.3) is 0 Å². The molecule has 3 nitrogen and oxygen atoms in total. The first-order valence-corrected chi connectivity index (χ1v) is 7.76. The maximum atomic E-state index is 12.0. The van der Waals surface area contributed by atoms with Crippen molar-refractivity contribution in [2.45, 2.75) is 38.7 Å². The Morgan fingerprint density at radius 3 is 2.64 bits per heavy atom. The van der Waals surface area contributed by atoms with Crippen LogP contribution in [0.5, 0.6) is 5.75 Å². The highest BCUT2D eigenvalue weighted by molar-refractivity contribution is 5.74. The van der Waals surface area contributed by atoms with E-state index in [1.165, 1.54) is 12.0 Å². The summed E-state index contributed by atoms with van der Waals surface area (Å²) in [6, 6.07) is 13.5. The third kappa shape index (κ3) is 3.30. The Kier molecular flexibility index (Phi) is 4.42. The minimum atomic E-state index is -0.310. The van der Waals surface area contributed by atoms with Gasteiger partial charge in [-0.2, -0.15) is 0 Å². The van der Waals surface area contributed by atoms with Gasteiger partial charge in [-0.1, -0.05) is 42.5 Å². The molecule has 0 bridgehead atoms. The Hall–Kier alpha value is -2.29. The van der Waals surface area contributed by atoms with Gasteiger partial charge in [-0.25, -0.2) is 0 Å². The lowest BCUT2D eigenvalue weighted by atomic mass is 9.89. The van der Waals surface area contributed by atoms with Crippen LogP contribution in [0.25, 0.3) is 0 Å². The molecule has 1 aliphatic carbocycles. The maximum absolute atomic E-state index is 12.0. The summed E-state index contributed by atoms with van der Waals surface area (Å²) in [5, 5.41) is 10.4. The molecule has 0 radical (unpaired) electrons. The zero-order chi connectivity index (χ0) is 15.4. The number of fused-ring (bicyclic) bond motifs is 1. The van der Waals surface area contributed by atoms with E-state index in [-0.39, 0.29) is 24.7 Å². The van der Waals surface area contributed by atoms with Gasteiger partial charge in [0.2, 0.25) is 0 Å². The van der Waals surface area contributed by atoms with Gasteiger partial charge in [0.1, 0.15) is 12.4 Å². The van der Waals surface area contributed by atoms with E-state index in [1.807, 2.05) is 42.5 Å². The van der Waals surface area contributed by atoms with Crippen LogP contribution in [-0.2, 0) is 35.4 Å². The third-order valence-electron chi connectivity index (χ3n) is 4.16. The van der Waals surface area contributed by atoms with E-state index < -0.39 is 0 Å². The van der Waals surface area contributed by atoms with Crippen LogP contribution in [-0.4, -0.2) is 11.1 Å². The summed E-state index contributed by atoms with van der Waals surface area (Å²) in [4.78, 5) is 12.0. The standard InChI is InChI=1S/C19H20O3/c20-18(22-13-14-6-2-1-3-7-14)12-16-11-10-15-8-4-5-9-17(15)19(16)21/h1-3,6-7,10-11,21H,4-5,8-9,12-13H2. The van der Waals surface area contributed by atoms with Crippen molar-refractivity contribution in [3.63, 3.8) is 0 Å². The first kappa shape index (κ1) is 14.6. The number of benzene rings is 2. The Bertz CT molecular complexity index is 662. The number of hydrogen-bond acceptors (Lipinski definition) is 3. The summed E-state index contributed by atoms with van der Waals surface area (Å²) in [6.45, 7) is 0.269. The van der Waals surface area contributed by atoms with Crippen LogP contribution < -0.4 is 0 Å². The lowest BCUT2D eigenvalue weighted by molar-refractivity contribution is -0.144. The van der Waals surface area contributed by atoms with Gasteiger partial charge < -0.3 is 9.84 Å². The van der Waals surface area contributed by atoms with E-state index in [9.17, 15) is 9.90 Å². The highest BCUT2D eigenvalue weighted by Crippen LogP contribution is 2.32. The SMILES string of the molecule is O=C(Cc1ccc2c(c1O)CCCC2)OCc1ccccc1. The fourth-order valence-corrected chi connectivity index (χ4v) is 2.94. The topological polar surface area (TPSA) is 46.5 Å². The molecule has 0 atom stereocenters. The number of carbonyl (C=O) groups is 1. The first-order valence-electron chi connectivity index (χ1n) is 7.76. The minimum Gasteiger partial charge on any atom is -0.507 e. The molecule has 114 valence electrons. The third-order valence-corrected chi connectivity index (χ3v) is 4.16. The van der Waals surface area contributed by atoms with Gasteiger partial charge in [-0.3, -0.25) is 4.79 Å². The Labute approximate surface area is 130 Å². The molecule has 0 spiro atoms. The van der Waals surface area contributed by atoms with Crippen molar-refractivity contribution >= 4 is 5.97 Å². The van der Waals surface area contributed by atoms with Gasteiger partial charge >= 0.3 is 5.97 Å². The normalized spacial score (nSPS) is 13.5. The van der Waals surface area contributed by atoms with E-state index in [0.29, 0.717) is 5.56 Å². The van der Waals surface area contributed by atoms with E-state index in [2.05, 4.69) is 0 Å².